The summed E-state index contributed by atoms with van der Waals surface area (Å²) in [7, 11) is 0. The molecule has 1 atom stereocenters. The van der Waals surface area contributed by atoms with Gasteiger partial charge in [-0.3, -0.25) is 4.98 Å². The van der Waals surface area contributed by atoms with E-state index in [1.165, 1.54) is 42.5 Å². The first-order chi connectivity index (χ1) is 10.3. The summed E-state index contributed by atoms with van der Waals surface area (Å²) in [6.07, 6.45) is 8.95. The fourth-order valence-electron chi connectivity index (χ4n) is 3.25. The lowest BCUT2D eigenvalue weighted by Gasteiger charge is -2.26. The smallest absolute Gasteiger partial charge is 0.147 e. The number of anilines is 1. The molecule has 0 amide bonds. The molecule has 1 aliphatic heterocycles. The quantitative estimate of drug-likeness (QED) is 0.850. The standard InChI is InChI=1S/C18H21N3/c1-13-4-6-15(7-5-13)17-3-2-10-21(17)18-12-19-16(11-20-18)14-8-9-14/h4-7,11-12,14,17H,2-3,8-10H2,1H3/t17-/m0/s1. The normalized spacial score (nSPS) is 21.8. The highest BCUT2D eigenvalue weighted by molar-refractivity contribution is 5.43. The molecule has 1 saturated heterocycles. The molecule has 2 fully saturated rings. The van der Waals surface area contributed by atoms with Crippen LogP contribution in [0.2, 0.25) is 0 Å². The van der Waals surface area contributed by atoms with Crippen LogP contribution < -0.4 is 4.90 Å². The van der Waals surface area contributed by atoms with Gasteiger partial charge in [0.25, 0.3) is 0 Å². The average molecular weight is 279 g/mol. The average Bonchev–Trinajstić information content (AvgIpc) is 3.26. The molecule has 2 aliphatic rings. The van der Waals surface area contributed by atoms with Gasteiger partial charge in [-0.05, 0) is 38.2 Å². The van der Waals surface area contributed by atoms with Crippen LogP contribution in [0.15, 0.2) is 36.7 Å². The molecule has 3 heteroatoms. The Morgan fingerprint density at radius 2 is 1.81 bits per heavy atom. The van der Waals surface area contributed by atoms with Gasteiger partial charge in [0, 0.05) is 12.5 Å². The van der Waals surface area contributed by atoms with Crippen LogP contribution in [0.3, 0.4) is 0 Å². The number of nitrogens with zero attached hydrogens (tertiary/aromatic N) is 3. The topological polar surface area (TPSA) is 29.0 Å². The van der Waals surface area contributed by atoms with E-state index in [2.05, 4.69) is 46.1 Å². The third kappa shape index (κ3) is 2.53. The number of aromatic nitrogens is 2. The van der Waals surface area contributed by atoms with E-state index in [1.54, 1.807) is 0 Å². The predicted octanol–water partition coefficient (Wildman–Crippen LogP) is 4.00. The Labute approximate surface area is 126 Å². The Bertz CT molecular complexity index is 614. The minimum atomic E-state index is 0.451. The summed E-state index contributed by atoms with van der Waals surface area (Å²) < 4.78 is 0. The first-order valence-electron chi connectivity index (χ1n) is 7.96. The maximum atomic E-state index is 4.68. The SMILES string of the molecule is Cc1ccc([C@@H]2CCCN2c2cnc(C3CC3)cn2)cc1. The van der Waals surface area contributed by atoms with Gasteiger partial charge in [-0.15, -0.1) is 0 Å². The third-order valence-electron chi connectivity index (χ3n) is 4.66. The molecular weight excluding hydrogens is 258 g/mol. The summed E-state index contributed by atoms with van der Waals surface area (Å²) in [6.45, 7) is 3.22. The van der Waals surface area contributed by atoms with Gasteiger partial charge in [0.1, 0.15) is 5.82 Å². The number of aryl methyl sites for hydroxylation is 1. The summed E-state index contributed by atoms with van der Waals surface area (Å²) in [6, 6.07) is 9.36. The zero-order valence-corrected chi connectivity index (χ0v) is 12.5. The summed E-state index contributed by atoms with van der Waals surface area (Å²) in [5, 5.41) is 0. The third-order valence-corrected chi connectivity index (χ3v) is 4.66. The number of hydrogen-bond acceptors (Lipinski definition) is 3. The molecule has 0 bridgehead atoms. The van der Waals surface area contributed by atoms with Crippen LogP contribution in [0.5, 0.6) is 0 Å². The van der Waals surface area contributed by atoms with Crippen molar-refractivity contribution in [3.8, 4) is 0 Å². The molecule has 0 radical (unpaired) electrons. The highest BCUT2D eigenvalue weighted by Gasteiger charge is 2.29. The predicted molar refractivity (Wildman–Crippen MR) is 84.5 cm³/mol. The Morgan fingerprint density at radius 1 is 1.00 bits per heavy atom. The van der Waals surface area contributed by atoms with Crippen molar-refractivity contribution in [1.82, 2.24) is 9.97 Å². The van der Waals surface area contributed by atoms with E-state index in [1.807, 2.05) is 12.4 Å². The molecule has 1 saturated carbocycles. The Kier molecular flexibility index (Phi) is 3.13. The highest BCUT2D eigenvalue weighted by atomic mass is 15.2. The maximum Gasteiger partial charge on any atom is 0.147 e. The fourth-order valence-corrected chi connectivity index (χ4v) is 3.25. The Balaban J connectivity index is 1.58. The molecule has 1 aromatic carbocycles. The van der Waals surface area contributed by atoms with Gasteiger partial charge in [0.2, 0.25) is 0 Å². The Morgan fingerprint density at radius 3 is 2.48 bits per heavy atom. The van der Waals surface area contributed by atoms with Gasteiger partial charge < -0.3 is 4.90 Å². The van der Waals surface area contributed by atoms with Crippen molar-refractivity contribution in [3.05, 3.63) is 53.5 Å². The van der Waals surface area contributed by atoms with Crippen molar-refractivity contribution < 1.29 is 0 Å². The van der Waals surface area contributed by atoms with E-state index in [9.17, 15) is 0 Å². The van der Waals surface area contributed by atoms with E-state index in [4.69, 9.17) is 0 Å². The highest BCUT2D eigenvalue weighted by Crippen LogP contribution is 2.39. The molecule has 108 valence electrons. The lowest BCUT2D eigenvalue weighted by molar-refractivity contribution is 0.708. The minimum Gasteiger partial charge on any atom is -0.348 e. The van der Waals surface area contributed by atoms with Crippen molar-refractivity contribution in [1.29, 1.82) is 0 Å². The lowest BCUT2D eigenvalue weighted by Crippen LogP contribution is -2.23. The van der Waals surface area contributed by atoms with E-state index >= 15 is 0 Å². The summed E-state index contributed by atoms with van der Waals surface area (Å²) >= 11 is 0. The zero-order chi connectivity index (χ0) is 14.2. The largest absolute Gasteiger partial charge is 0.348 e. The molecular formula is C18H21N3. The molecule has 1 aliphatic carbocycles. The van der Waals surface area contributed by atoms with Gasteiger partial charge in [-0.25, -0.2) is 4.98 Å². The van der Waals surface area contributed by atoms with Crippen LogP contribution in [0.1, 0.15) is 54.5 Å². The van der Waals surface area contributed by atoms with E-state index in [-0.39, 0.29) is 0 Å². The molecule has 3 nitrogen and oxygen atoms in total. The van der Waals surface area contributed by atoms with Crippen LogP contribution in [0.4, 0.5) is 5.82 Å². The second kappa shape index (κ2) is 5.14. The van der Waals surface area contributed by atoms with Gasteiger partial charge in [0.05, 0.1) is 24.1 Å². The number of rotatable bonds is 3. The van der Waals surface area contributed by atoms with Crippen molar-refractivity contribution in [2.24, 2.45) is 0 Å². The summed E-state index contributed by atoms with van der Waals surface area (Å²) in [5.74, 6) is 1.71. The maximum absolute atomic E-state index is 4.68. The van der Waals surface area contributed by atoms with Crippen LogP contribution in [0.25, 0.3) is 0 Å². The van der Waals surface area contributed by atoms with Crippen LogP contribution >= 0.6 is 0 Å². The second-order valence-corrected chi connectivity index (χ2v) is 6.34. The molecule has 0 N–H and O–H groups in total. The van der Waals surface area contributed by atoms with Crippen LogP contribution in [-0.4, -0.2) is 16.5 Å². The van der Waals surface area contributed by atoms with E-state index < -0.39 is 0 Å². The molecule has 2 heterocycles. The molecule has 4 rings (SSSR count). The molecule has 2 aromatic rings. The number of benzene rings is 1. The van der Waals surface area contributed by atoms with Crippen molar-refractivity contribution in [3.63, 3.8) is 0 Å². The van der Waals surface area contributed by atoms with E-state index in [0.717, 1.165) is 12.4 Å². The van der Waals surface area contributed by atoms with Gasteiger partial charge >= 0.3 is 0 Å². The summed E-state index contributed by atoms with van der Waals surface area (Å²) in [4.78, 5) is 11.7. The van der Waals surface area contributed by atoms with Crippen LogP contribution in [-0.2, 0) is 0 Å². The van der Waals surface area contributed by atoms with Crippen molar-refractivity contribution >= 4 is 5.82 Å². The molecule has 21 heavy (non-hydrogen) atoms. The second-order valence-electron chi connectivity index (χ2n) is 6.34. The van der Waals surface area contributed by atoms with Crippen molar-refractivity contribution in [2.45, 2.75) is 44.6 Å². The zero-order valence-electron chi connectivity index (χ0n) is 12.5. The monoisotopic (exact) mass is 279 g/mol. The van der Waals surface area contributed by atoms with Gasteiger partial charge in [-0.2, -0.15) is 0 Å². The minimum absolute atomic E-state index is 0.451. The lowest BCUT2D eigenvalue weighted by atomic mass is 10.0. The number of hydrogen-bond donors (Lipinski definition) is 0. The van der Waals surface area contributed by atoms with Crippen LogP contribution in [0, 0.1) is 6.92 Å². The molecule has 0 unspecified atom stereocenters. The summed E-state index contributed by atoms with van der Waals surface area (Å²) in [5.41, 5.74) is 3.88. The van der Waals surface area contributed by atoms with Crippen molar-refractivity contribution in [2.75, 3.05) is 11.4 Å². The molecule has 0 spiro atoms. The first kappa shape index (κ1) is 12.8. The van der Waals surface area contributed by atoms with Gasteiger partial charge in [0.15, 0.2) is 0 Å². The van der Waals surface area contributed by atoms with Gasteiger partial charge in [-0.1, -0.05) is 29.8 Å². The Hall–Kier alpha value is -1.90. The van der Waals surface area contributed by atoms with E-state index in [0.29, 0.717) is 12.0 Å². The fraction of sp³-hybridized carbons (Fsp3) is 0.444. The first-order valence-corrected chi connectivity index (χ1v) is 7.96. The molecule has 1 aromatic heterocycles.